The van der Waals surface area contributed by atoms with Crippen molar-refractivity contribution in [3.63, 3.8) is 0 Å². The largest absolute Gasteiger partial charge is 0.480 e. The summed E-state index contributed by atoms with van der Waals surface area (Å²) >= 11 is 1.76. The van der Waals surface area contributed by atoms with E-state index < -0.39 is 12.0 Å². The number of carbonyl (C=O) groups is 2. The first-order valence-corrected chi connectivity index (χ1v) is 12.5. The molecule has 5 heteroatoms. The lowest BCUT2D eigenvalue weighted by molar-refractivity contribution is -0.149. The molecule has 2 atom stereocenters. The van der Waals surface area contributed by atoms with Crippen LogP contribution in [-0.2, 0) is 16.0 Å². The average Bonchev–Trinajstić information content (AvgIpc) is 3.35. The van der Waals surface area contributed by atoms with E-state index in [2.05, 4.69) is 24.3 Å². The summed E-state index contributed by atoms with van der Waals surface area (Å²) in [6, 6.07) is 30.0. The zero-order valence-corrected chi connectivity index (χ0v) is 19.4. The second-order valence-corrected chi connectivity index (χ2v) is 9.59. The number of nitrogens with zero attached hydrogens (tertiary/aromatic N) is 1. The summed E-state index contributed by atoms with van der Waals surface area (Å²) in [5.41, 5.74) is 3.49. The van der Waals surface area contributed by atoms with E-state index in [1.54, 1.807) is 16.7 Å². The van der Waals surface area contributed by atoms with Crippen LogP contribution in [0.3, 0.4) is 0 Å². The molecule has 4 nitrogen and oxygen atoms in total. The molecule has 1 heterocycles. The summed E-state index contributed by atoms with van der Waals surface area (Å²) in [6.45, 7) is 0.520. The van der Waals surface area contributed by atoms with E-state index in [9.17, 15) is 14.7 Å². The fourth-order valence-electron chi connectivity index (χ4n) is 4.49. The monoisotopic (exact) mass is 459 g/mol. The van der Waals surface area contributed by atoms with Crippen LogP contribution in [-0.4, -0.2) is 40.2 Å². The average molecular weight is 460 g/mol. The molecular weight excluding hydrogens is 430 g/mol. The Balaban J connectivity index is 1.58. The van der Waals surface area contributed by atoms with Crippen LogP contribution >= 0.6 is 11.8 Å². The van der Waals surface area contributed by atoms with Crippen molar-refractivity contribution >= 4 is 23.6 Å². The summed E-state index contributed by atoms with van der Waals surface area (Å²) in [4.78, 5) is 26.9. The first-order valence-electron chi connectivity index (χ1n) is 11.4. The zero-order chi connectivity index (χ0) is 23.0. The van der Waals surface area contributed by atoms with Crippen molar-refractivity contribution in [2.24, 2.45) is 5.92 Å². The van der Waals surface area contributed by atoms with Gasteiger partial charge in [-0.2, -0.15) is 0 Å². The molecule has 1 N–H and O–H groups in total. The van der Waals surface area contributed by atoms with Crippen LogP contribution in [0.2, 0.25) is 0 Å². The Morgan fingerprint density at radius 1 is 0.879 bits per heavy atom. The van der Waals surface area contributed by atoms with Gasteiger partial charge >= 0.3 is 5.97 Å². The van der Waals surface area contributed by atoms with Gasteiger partial charge in [0.15, 0.2) is 0 Å². The summed E-state index contributed by atoms with van der Waals surface area (Å²) in [6.07, 6.45) is 1.87. The Kier molecular flexibility index (Phi) is 7.84. The first-order chi connectivity index (χ1) is 16.1. The van der Waals surface area contributed by atoms with Crippen molar-refractivity contribution in [3.05, 3.63) is 108 Å². The van der Waals surface area contributed by atoms with E-state index in [0.29, 0.717) is 25.1 Å². The van der Waals surface area contributed by atoms with Gasteiger partial charge in [-0.1, -0.05) is 91.0 Å². The van der Waals surface area contributed by atoms with Gasteiger partial charge in [-0.25, -0.2) is 4.79 Å². The number of hydrogen-bond donors (Lipinski definition) is 1. The molecule has 1 amide bonds. The second kappa shape index (κ2) is 11.2. The Morgan fingerprint density at radius 2 is 1.42 bits per heavy atom. The highest BCUT2D eigenvalue weighted by Gasteiger charge is 2.37. The van der Waals surface area contributed by atoms with Crippen molar-refractivity contribution in [1.29, 1.82) is 0 Å². The molecule has 0 saturated carbocycles. The Labute approximate surface area is 199 Å². The van der Waals surface area contributed by atoms with Gasteiger partial charge in [0.05, 0.1) is 11.2 Å². The summed E-state index contributed by atoms with van der Waals surface area (Å²) < 4.78 is 0. The van der Waals surface area contributed by atoms with Crippen LogP contribution in [0.4, 0.5) is 0 Å². The molecule has 1 unspecified atom stereocenters. The third kappa shape index (κ3) is 5.85. The van der Waals surface area contributed by atoms with Gasteiger partial charge in [0.25, 0.3) is 0 Å². The minimum Gasteiger partial charge on any atom is -0.480 e. The van der Waals surface area contributed by atoms with E-state index in [-0.39, 0.29) is 17.1 Å². The van der Waals surface area contributed by atoms with Crippen LogP contribution < -0.4 is 0 Å². The summed E-state index contributed by atoms with van der Waals surface area (Å²) in [5.74, 6) is -0.618. The van der Waals surface area contributed by atoms with Crippen molar-refractivity contribution in [2.75, 3.05) is 12.3 Å². The third-order valence-electron chi connectivity index (χ3n) is 6.16. The predicted molar refractivity (Wildman–Crippen MR) is 133 cm³/mol. The van der Waals surface area contributed by atoms with Crippen molar-refractivity contribution < 1.29 is 14.7 Å². The number of thioether (sulfide) groups is 1. The van der Waals surface area contributed by atoms with Gasteiger partial charge in [0, 0.05) is 12.3 Å². The van der Waals surface area contributed by atoms with E-state index >= 15 is 0 Å². The maximum atomic E-state index is 13.6. The third-order valence-corrected chi connectivity index (χ3v) is 7.64. The minimum absolute atomic E-state index is 0.0453. The molecule has 33 heavy (non-hydrogen) atoms. The number of likely N-dealkylation sites (tertiary alicyclic amines) is 1. The molecule has 170 valence electrons. The molecule has 4 rings (SSSR count). The van der Waals surface area contributed by atoms with Gasteiger partial charge in [-0.05, 0) is 36.0 Å². The van der Waals surface area contributed by atoms with Crippen LogP contribution in [0.1, 0.15) is 34.8 Å². The SMILES string of the molecule is O=C(O)[C@@H]1CCCN1C(=O)C(CSC(c1ccccc1)c1ccccc1)Cc1ccccc1. The normalized spacial score (nSPS) is 16.6. The summed E-state index contributed by atoms with van der Waals surface area (Å²) in [7, 11) is 0. The predicted octanol–water partition coefficient (Wildman–Crippen LogP) is 5.44. The molecule has 0 spiro atoms. The number of carboxylic acids is 1. The highest BCUT2D eigenvalue weighted by atomic mass is 32.2. The van der Waals surface area contributed by atoms with Crippen LogP contribution in [0, 0.1) is 5.92 Å². The number of aliphatic carboxylic acids is 1. The molecule has 1 aliphatic heterocycles. The lowest BCUT2D eigenvalue weighted by Gasteiger charge is -2.28. The van der Waals surface area contributed by atoms with E-state index in [4.69, 9.17) is 0 Å². The molecule has 1 aliphatic rings. The minimum atomic E-state index is -0.904. The van der Waals surface area contributed by atoms with Crippen molar-refractivity contribution in [2.45, 2.75) is 30.6 Å². The van der Waals surface area contributed by atoms with E-state index in [1.807, 2.05) is 66.7 Å². The number of hydrogen-bond acceptors (Lipinski definition) is 3. The van der Waals surface area contributed by atoms with E-state index in [0.717, 1.165) is 12.0 Å². The van der Waals surface area contributed by atoms with Crippen LogP contribution in [0.5, 0.6) is 0 Å². The lowest BCUT2D eigenvalue weighted by atomic mass is 9.99. The standard InChI is InChI=1S/C28H29NO3S/c30-27(29-18-10-17-25(29)28(31)32)24(19-21-11-4-1-5-12-21)20-33-26(22-13-6-2-7-14-22)23-15-8-3-9-16-23/h1-9,11-16,24-26H,10,17-20H2,(H,31,32)/t24?,25-/m0/s1. The molecule has 0 radical (unpaired) electrons. The van der Waals surface area contributed by atoms with Crippen molar-refractivity contribution in [1.82, 2.24) is 4.90 Å². The Hall–Kier alpha value is -3.05. The topological polar surface area (TPSA) is 57.6 Å². The molecule has 3 aromatic rings. The van der Waals surface area contributed by atoms with Crippen molar-refractivity contribution in [3.8, 4) is 0 Å². The Morgan fingerprint density at radius 3 is 1.97 bits per heavy atom. The first kappa shape index (κ1) is 23.1. The number of benzene rings is 3. The molecule has 1 saturated heterocycles. The van der Waals surface area contributed by atoms with Gasteiger partial charge in [-0.15, -0.1) is 11.8 Å². The molecule has 1 fully saturated rings. The molecule has 0 aromatic heterocycles. The molecule has 0 aliphatic carbocycles. The quantitative estimate of drug-likeness (QED) is 0.463. The van der Waals surface area contributed by atoms with Gasteiger partial charge < -0.3 is 10.0 Å². The second-order valence-electron chi connectivity index (χ2n) is 8.45. The van der Waals surface area contributed by atoms with Crippen LogP contribution in [0.25, 0.3) is 0 Å². The number of carboxylic acid groups (broad SMARTS) is 1. The van der Waals surface area contributed by atoms with Gasteiger partial charge in [-0.3, -0.25) is 4.79 Å². The number of carbonyl (C=O) groups excluding carboxylic acids is 1. The lowest BCUT2D eigenvalue weighted by Crippen LogP contribution is -2.44. The molecule has 3 aromatic carbocycles. The van der Waals surface area contributed by atoms with Gasteiger partial charge in [0.2, 0.25) is 5.91 Å². The molecule has 0 bridgehead atoms. The zero-order valence-electron chi connectivity index (χ0n) is 18.5. The highest BCUT2D eigenvalue weighted by molar-refractivity contribution is 7.99. The smallest absolute Gasteiger partial charge is 0.326 e. The summed E-state index contributed by atoms with van der Waals surface area (Å²) in [5, 5.41) is 9.72. The molecular formula is C28H29NO3S. The highest BCUT2D eigenvalue weighted by Crippen LogP contribution is 2.37. The van der Waals surface area contributed by atoms with Crippen LogP contribution in [0.15, 0.2) is 91.0 Å². The maximum Gasteiger partial charge on any atom is 0.326 e. The Bertz CT molecular complexity index is 1000. The number of amides is 1. The number of rotatable bonds is 9. The fraction of sp³-hybridized carbons (Fsp3) is 0.286. The fourth-order valence-corrected chi connectivity index (χ4v) is 5.88. The van der Waals surface area contributed by atoms with E-state index in [1.165, 1.54) is 11.1 Å². The van der Waals surface area contributed by atoms with Gasteiger partial charge in [0.1, 0.15) is 6.04 Å². The maximum absolute atomic E-state index is 13.6.